The van der Waals surface area contributed by atoms with Gasteiger partial charge in [-0.25, -0.2) is 9.50 Å². The Morgan fingerprint density at radius 1 is 1.16 bits per heavy atom. The number of ether oxygens (including phenoxy) is 2. The maximum Gasteiger partial charge on any atom is 0.408 e. The summed E-state index contributed by atoms with van der Waals surface area (Å²) in [6.07, 6.45) is -1.91. The number of nitrogens with two attached hydrogens (primary N) is 1. The molecule has 10 nitrogen and oxygen atoms in total. The highest BCUT2D eigenvalue weighted by molar-refractivity contribution is 6.01. The maximum absolute atomic E-state index is 13.2. The molecule has 0 unspecified atom stereocenters. The molecule has 1 fully saturated rings. The molecule has 4 heterocycles. The second-order valence-corrected chi connectivity index (χ2v) is 9.04. The summed E-state index contributed by atoms with van der Waals surface area (Å²) in [5, 5.41) is 8.17. The van der Waals surface area contributed by atoms with Gasteiger partial charge in [-0.05, 0) is 44.2 Å². The first-order valence-corrected chi connectivity index (χ1v) is 11.4. The summed E-state index contributed by atoms with van der Waals surface area (Å²) >= 11 is 0. The number of fused-ring (bicyclic) bond motifs is 1. The molecule has 0 aliphatic carbocycles. The van der Waals surface area contributed by atoms with Gasteiger partial charge in [0.2, 0.25) is 0 Å². The summed E-state index contributed by atoms with van der Waals surface area (Å²) in [6, 6.07) is 8.42. The van der Waals surface area contributed by atoms with Crippen LogP contribution in [-0.2, 0) is 16.1 Å². The number of halogens is 3. The topological polar surface area (TPSA) is 113 Å². The Morgan fingerprint density at radius 2 is 1.95 bits per heavy atom. The van der Waals surface area contributed by atoms with Crippen molar-refractivity contribution in [2.45, 2.75) is 32.2 Å². The summed E-state index contributed by atoms with van der Waals surface area (Å²) in [5.74, 6) is 0.348. The number of carbonyl (C=O) groups is 1. The molecule has 1 amide bonds. The van der Waals surface area contributed by atoms with Crippen LogP contribution in [0.4, 0.5) is 24.7 Å². The summed E-state index contributed by atoms with van der Waals surface area (Å²) in [6.45, 7) is 2.81. The van der Waals surface area contributed by atoms with E-state index in [1.165, 1.54) is 30.2 Å². The normalized spacial score (nSPS) is 15.9. The van der Waals surface area contributed by atoms with E-state index >= 15 is 0 Å². The number of rotatable bonds is 5. The van der Waals surface area contributed by atoms with Crippen LogP contribution in [0.1, 0.15) is 13.8 Å². The van der Waals surface area contributed by atoms with E-state index in [2.05, 4.69) is 15.2 Å². The Bertz CT molecular complexity index is 1490. The average Bonchev–Trinajstić information content (AvgIpc) is 3.44. The molecule has 13 heteroatoms. The van der Waals surface area contributed by atoms with Crippen molar-refractivity contribution in [3.63, 3.8) is 0 Å². The smallest absolute Gasteiger partial charge is 0.408 e. The number of hydrogen-bond donors (Lipinski definition) is 1. The predicted octanol–water partition coefficient (Wildman–Crippen LogP) is 3.55. The third-order valence-electron chi connectivity index (χ3n) is 6.21. The van der Waals surface area contributed by atoms with Gasteiger partial charge >= 0.3 is 6.18 Å². The lowest BCUT2D eigenvalue weighted by molar-refractivity contribution is -0.145. The quantitative estimate of drug-likeness (QED) is 0.433. The van der Waals surface area contributed by atoms with E-state index in [1.807, 2.05) is 0 Å². The van der Waals surface area contributed by atoms with Crippen LogP contribution in [0.3, 0.4) is 0 Å². The van der Waals surface area contributed by atoms with E-state index in [0.29, 0.717) is 46.9 Å². The number of nitrogens with zero attached hydrogens (tertiary/aromatic N) is 6. The Labute approximate surface area is 209 Å². The van der Waals surface area contributed by atoms with E-state index in [0.717, 1.165) is 4.68 Å². The van der Waals surface area contributed by atoms with Gasteiger partial charge in [0.25, 0.3) is 5.91 Å². The molecule has 1 aliphatic heterocycles. The van der Waals surface area contributed by atoms with Gasteiger partial charge in [0, 0.05) is 23.9 Å². The number of morpholine rings is 1. The standard InChI is InChI=1S/C24H24F3N7O3/c1-23(2)22(35)32(8-9-37-23)18-10-14(4-5-19(18)36-3)17-11-15(20-21(28)29-13-31-34(17)20)16-6-7-30-33(16)12-24(25,26)27/h4-7,10-11,13H,8-9,12H2,1-3H3,(H2,28,29,31). The zero-order valence-corrected chi connectivity index (χ0v) is 20.3. The van der Waals surface area contributed by atoms with Crippen molar-refractivity contribution >= 4 is 22.9 Å². The fraction of sp³-hybridized carbons (Fsp3) is 0.333. The number of nitrogen functional groups attached to an aromatic ring is 1. The Hall–Kier alpha value is -4.13. The van der Waals surface area contributed by atoms with Crippen LogP contribution in [0.5, 0.6) is 5.75 Å². The highest BCUT2D eigenvalue weighted by Crippen LogP contribution is 2.39. The van der Waals surface area contributed by atoms with Crippen LogP contribution >= 0.6 is 0 Å². The SMILES string of the molecule is COc1ccc(-c2cc(-c3ccnn3CC(F)(F)F)c3c(N)ncnn23)cc1N1CCOC(C)(C)C1=O. The lowest BCUT2D eigenvalue weighted by Crippen LogP contribution is -2.53. The van der Waals surface area contributed by atoms with Crippen LogP contribution in [0.15, 0.2) is 42.9 Å². The number of methoxy groups -OCH3 is 1. The monoisotopic (exact) mass is 515 g/mol. The number of anilines is 2. The van der Waals surface area contributed by atoms with Gasteiger partial charge in [-0.1, -0.05) is 0 Å². The van der Waals surface area contributed by atoms with Gasteiger partial charge in [0.05, 0.1) is 30.8 Å². The molecule has 0 radical (unpaired) electrons. The lowest BCUT2D eigenvalue weighted by Gasteiger charge is -2.37. The minimum Gasteiger partial charge on any atom is -0.495 e. The van der Waals surface area contributed by atoms with Crippen LogP contribution in [0.2, 0.25) is 0 Å². The molecule has 1 aromatic carbocycles. The second-order valence-electron chi connectivity index (χ2n) is 9.04. The minimum absolute atomic E-state index is 0.0925. The van der Waals surface area contributed by atoms with Crippen molar-refractivity contribution in [2.75, 3.05) is 30.9 Å². The number of carbonyl (C=O) groups excluding carboxylic acids is 1. The van der Waals surface area contributed by atoms with Gasteiger partial charge in [-0.3, -0.25) is 9.48 Å². The van der Waals surface area contributed by atoms with Crippen LogP contribution in [0.25, 0.3) is 28.0 Å². The number of aromatic nitrogens is 5. The molecule has 0 atom stereocenters. The first-order valence-electron chi connectivity index (χ1n) is 11.4. The molecule has 1 aliphatic rings. The average molecular weight is 515 g/mol. The molecule has 2 N–H and O–H groups in total. The molecular weight excluding hydrogens is 491 g/mol. The summed E-state index contributed by atoms with van der Waals surface area (Å²) in [7, 11) is 1.51. The molecular formula is C24H24F3N7O3. The molecule has 0 saturated carbocycles. The largest absolute Gasteiger partial charge is 0.495 e. The van der Waals surface area contributed by atoms with Gasteiger partial charge < -0.3 is 20.1 Å². The lowest BCUT2D eigenvalue weighted by atomic mass is 10.0. The van der Waals surface area contributed by atoms with Gasteiger partial charge in [0.15, 0.2) is 5.82 Å². The van der Waals surface area contributed by atoms with Gasteiger partial charge in [-0.15, -0.1) is 0 Å². The third-order valence-corrected chi connectivity index (χ3v) is 6.21. The number of hydrogen-bond acceptors (Lipinski definition) is 7. The van der Waals surface area contributed by atoms with Gasteiger partial charge in [-0.2, -0.15) is 23.4 Å². The summed E-state index contributed by atoms with van der Waals surface area (Å²) in [5.41, 5.74) is 7.78. The summed E-state index contributed by atoms with van der Waals surface area (Å²) < 4.78 is 53.1. The Kier molecular flexibility index (Phi) is 5.82. The van der Waals surface area contributed by atoms with E-state index in [4.69, 9.17) is 15.2 Å². The van der Waals surface area contributed by atoms with Crippen LogP contribution in [-0.4, -0.2) is 62.3 Å². The first-order chi connectivity index (χ1) is 17.5. The van der Waals surface area contributed by atoms with Gasteiger partial charge in [0.1, 0.15) is 29.7 Å². The first kappa shape index (κ1) is 24.6. The van der Waals surface area contributed by atoms with Crippen molar-refractivity contribution in [2.24, 2.45) is 0 Å². The molecule has 4 aromatic rings. The van der Waals surface area contributed by atoms with E-state index in [-0.39, 0.29) is 17.4 Å². The van der Waals surface area contributed by atoms with Crippen molar-refractivity contribution in [3.05, 3.63) is 42.9 Å². The number of benzene rings is 1. The molecule has 0 bridgehead atoms. The highest BCUT2D eigenvalue weighted by atomic mass is 19.4. The van der Waals surface area contributed by atoms with E-state index in [1.54, 1.807) is 43.0 Å². The number of amides is 1. The predicted molar refractivity (Wildman–Crippen MR) is 129 cm³/mol. The zero-order chi connectivity index (χ0) is 26.5. The molecule has 3 aromatic heterocycles. The fourth-order valence-electron chi connectivity index (χ4n) is 4.50. The van der Waals surface area contributed by atoms with E-state index < -0.39 is 18.3 Å². The summed E-state index contributed by atoms with van der Waals surface area (Å²) in [4.78, 5) is 18.8. The van der Waals surface area contributed by atoms with Crippen molar-refractivity contribution in [3.8, 4) is 28.3 Å². The molecule has 5 rings (SSSR count). The molecule has 0 spiro atoms. The van der Waals surface area contributed by atoms with Crippen LogP contribution in [0, 0.1) is 0 Å². The van der Waals surface area contributed by atoms with Crippen molar-refractivity contribution in [1.82, 2.24) is 24.4 Å². The number of alkyl halides is 3. The molecule has 1 saturated heterocycles. The highest BCUT2D eigenvalue weighted by Gasteiger charge is 2.38. The third kappa shape index (κ3) is 4.35. The maximum atomic E-state index is 13.2. The van der Waals surface area contributed by atoms with Crippen molar-refractivity contribution in [1.29, 1.82) is 0 Å². The minimum atomic E-state index is -4.47. The van der Waals surface area contributed by atoms with Crippen molar-refractivity contribution < 1.29 is 27.4 Å². The zero-order valence-electron chi connectivity index (χ0n) is 20.3. The van der Waals surface area contributed by atoms with E-state index in [9.17, 15) is 18.0 Å². The Balaban J connectivity index is 1.68. The molecule has 194 valence electrons. The fourth-order valence-corrected chi connectivity index (χ4v) is 4.50. The van der Waals surface area contributed by atoms with Crippen LogP contribution < -0.4 is 15.4 Å². The molecule has 37 heavy (non-hydrogen) atoms. The Morgan fingerprint density at radius 3 is 2.68 bits per heavy atom. The second kappa shape index (κ2) is 8.76.